The van der Waals surface area contributed by atoms with Crippen molar-refractivity contribution in [2.45, 2.75) is 46.1 Å². The fraction of sp³-hybridized carbons (Fsp3) is 0.414. The molecule has 1 atom stereocenters. The van der Waals surface area contributed by atoms with E-state index in [1.54, 1.807) is 30.9 Å². The van der Waals surface area contributed by atoms with Gasteiger partial charge in [-0.2, -0.15) is 0 Å². The molecule has 1 saturated heterocycles. The topological polar surface area (TPSA) is 95.0 Å². The summed E-state index contributed by atoms with van der Waals surface area (Å²) in [5.74, 6) is -0.0936. The SMILES string of the molecule is CC.CC1(C(F)F)CCOCC1.CN(C(=O)c1cc2c(cc1F)nc(N)c1cncn12)C1COc2ccccc21. The molecule has 1 fully saturated rings. The summed E-state index contributed by atoms with van der Waals surface area (Å²) in [6, 6.07) is 9.97. The average molecular weight is 558 g/mol. The molecule has 0 spiro atoms. The number of hydrogen-bond acceptors (Lipinski definition) is 6. The molecule has 1 unspecified atom stereocenters. The maximum absolute atomic E-state index is 14.8. The predicted molar refractivity (Wildman–Crippen MR) is 147 cm³/mol. The van der Waals surface area contributed by atoms with Crippen molar-refractivity contribution >= 4 is 28.3 Å². The number of nitrogens with two attached hydrogens (primary N) is 1. The second kappa shape index (κ2) is 12.1. The van der Waals surface area contributed by atoms with Gasteiger partial charge in [-0.05, 0) is 25.0 Å². The van der Waals surface area contributed by atoms with E-state index in [4.69, 9.17) is 15.2 Å². The average Bonchev–Trinajstić information content (AvgIpc) is 3.62. The lowest BCUT2D eigenvalue weighted by atomic mass is 9.83. The Morgan fingerprint density at radius 2 is 1.88 bits per heavy atom. The summed E-state index contributed by atoms with van der Waals surface area (Å²) in [7, 11) is 1.65. The van der Waals surface area contributed by atoms with Gasteiger partial charge in [0.1, 0.15) is 29.5 Å². The minimum atomic E-state index is -2.20. The molecule has 2 N–H and O–H groups in total. The van der Waals surface area contributed by atoms with Gasteiger partial charge in [0.2, 0.25) is 6.43 Å². The van der Waals surface area contributed by atoms with Gasteiger partial charge in [-0.1, -0.05) is 39.0 Å². The van der Waals surface area contributed by atoms with E-state index in [0.29, 0.717) is 49.2 Å². The monoisotopic (exact) mass is 557 g/mol. The molecule has 0 bridgehead atoms. The van der Waals surface area contributed by atoms with Gasteiger partial charge in [-0.25, -0.2) is 23.1 Å². The second-order valence-electron chi connectivity index (χ2n) is 9.81. The Morgan fingerprint density at radius 1 is 1.18 bits per heavy atom. The van der Waals surface area contributed by atoms with Crippen LogP contribution in [0.5, 0.6) is 5.75 Å². The molecule has 4 aromatic rings. The maximum Gasteiger partial charge on any atom is 0.257 e. The first-order valence-corrected chi connectivity index (χ1v) is 13.2. The Hall–Kier alpha value is -3.86. The van der Waals surface area contributed by atoms with E-state index < -0.39 is 23.6 Å². The third-order valence-corrected chi connectivity index (χ3v) is 7.32. The van der Waals surface area contributed by atoms with Crippen LogP contribution in [0.4, 0.5) is 19.0 Å². The molecule has 0 radical (unpaired) electrons. The first-order chi connectivity index (χ1) is 19.2. The number of likely N-dealkylation sites (N-methyl/N-ethyl adjacent to an activating group) is 1. The van der Waals surface area contributed by atoms with Crippen LogP contribution in [0, 0.1) is 11.2 Å². The minimum absolute atomic E-state index is 0.0408. The molecule has 2 aromatic heterocycles. The first-order valence-electron chi connectivity index (χ1n) is 13.2. The highest BCUT2D eigenvalue weighted by molar-refractivity contribution is 5.98. The molecule has 2 aliphatic rings. The van der Waals surface area contributed by atoms with Crippen molar-refractivity contribution in [2.75, 3.05) is 32.6 Å². The zero-order valence-corrected chi connectivity index (χ0v) is 23.0. The van der Waals surface area contributed by atoms with Crippen molar-refractivity contribution in [1.29, 1.82) is 0 Å². The number of imidazole rings is 1. The molecule has 8 nitrogen and oxygen atoms in total. The van der Waals surface area contributed by atoms with Crippen molar-refractivity contribution in [1.82, 2.24) is 19.3 Å². The third-order valence-electron chi connectivity index (χ3n) is 7.32. The molecule has 4 heterocycles. The van der Waals surface area contributed by atoms with Crippen molar-refractivity contribution < 1.29 is 27.4 Å². The Morgan fingerprint density at radius 3 is 2.55 bits per heavy atom. The largest absolute Gasteiger partial charge is 0.491 e. The van der Waals surface area contributed by atoms with Gasteiger partial charge in [0.05, 0.1) is 35.2 Å². The zero-order chi connectivity index (χ0) is 29.0. The molecule has 40 heavy (non-hydrogen) atoms. The highest BCUT2D eigenvalue weighted by atomic mass is 19.3. The second-order valence-corrected chi connectivity index (χ2v) is 9.81. The Balaban J connectivity index is 0.000000260. The zero-order valence-electron chi connectivity index (χ0n) is 23.0. The summed E-state index contributed by atoms with van der Waals surface area (Å²) in [6.07, 6.45) is 1.92. The van der Waals surface area contributed by atoms with E-state index in [9.17, 15) is 18.0 Å². The van der Waals surface area contributed by atoms with Crippen LogP contribution in [0.3, 0.4) is 0 Å². The number of carbonyl (C=O) groups excluding carboxylic acids is 1. The lowest BCUT2D eigenvalue weighted by molar-refractivity contribution is -0.0688. The van der Waals surface area contributed by atoms with Gasteiger partial charge in [0, 0.05) is 37.3 Å². The van der Waals surface area contributed by atoms with Crippen LogP contribution in [-0.4, -0.2) is 58.5 Å². The normalized spacial score (nSPS) is 17.4. The molecular weight excluding hydrogens is 523 g/mol. The van der Waals surface area contributed by atoms with E-state index >= 15 is 0 Å². The van der Waals surface area contributed by atoms with Crippen molar-refractivity contribution in [3.63, 3.8) is 0 Å². The third kappa shape index (κ3) is 5.56. The Labute approximate surface area is 230 Å². The van der Waals surface area contributed by atoms with Crippen LogP contribution in [0.15, 0.2) is 48.9 Å². The first kappa shape index (κ1) is 29.1. The van der Waals surface area contributed by atoms with Crippen molar-refractivity contribution in [3.05, 3.63) is 65.9 Å². The summed E-state index contributed by atoms with van der Waals surface area (Å²) in [5.41, 5.74) is 7.51. The number of rotatable bonds is 3. The minimum Gasteiger partial charge on any atom is -0.491 e. The molecule has 0 aliphatic carbocycles. The summed E-state index contributed by atoms with van der Waals surface area (Å²) < 4.78 is 51.6. The maximum atomic E-state index is 14.8. The summed E-state index contributed by atoms with van der Waals surface area (Å²) in [6.45, 7) is 6.93. The van der Waals surface area contributed by atoms with E-state index in [-0.39, 0.29) is 17.4 Å². The van der Waals surface area contributed by atoms with Gasteiger partial charge >= 0.3 is 0 Å². The van der Waals surface area contributed by atoms with Crippen LogP contribution in [0.25, 0.3) is 16.6 Å². The number of ether oxygens (including phenoxy) is 2. The molecule has 6 rings (SSSR count). The molecular formula is C29H34F3N5O3. The lowest BCUT2D eigenvalue weighted by Crippen LogP contribution is -2.32. The van der Waals surface area contributed by atoms with Gasteiger partial charge in [0.15, 0.2) is 0 Å². The number of fused-ring (bicyclic) bond motifs is 4. The smallest absolute Gasteiger partial charge is 0.257 e. The van der Waals surface area contributed by atoms with Gasteiger partial charge in [0.25, 0.3) is 5.91 Å². The van der Waals surface area contributed by atoms with E-state index in [0.717, 1.165) is 11.3 Å². The number of nitrogens with zero attached hydrogens (tertiary/aromatic N) is 4. The lowest BCUT2D eigenvalue weighted by Gasteiger charge is -2.32. The summed E-state index contributed by atoms with van der Waals surface area (Å²) in [4.78, 5) is 22.9. The molecule has 2 aromatic carbocycles. The van der Waals surface area contributed by atoms with Crippen molar-refractivity contribution in [2.24, 2.45) is 5.41 Å². The molecule has 1 amide bonds. The number of halogens is 3. The molecule has 0 saturated carbocycles. The number of nitrogen functional groups attached to an aromatic ring is 1. The summed E-state index contributed by atoms with van der Waals surface area (Å²) >= 11 is 0. The standard InChI is InChI=1S/C20H16FN5O2.C7H12F2O.C2H6/c1-25(17-9-28-18-5-3-2-4-11(17)18)20(27)12-6-15-14(7-13(12)21)24-19(22)16-8-23-10-26(15)16;1-7(6(8)9)2-4-10-5-3-7;1-2/h2-8,10,17H,9H2,1H3,(H2,22,24);6H,2-5H2,1H3;1-2H3. The number of hydrogen-bond donors (Lipinski definition) is 1. The molecule has 2 aliphatic heterocycles. The van der Waals surface area contributed by atoms with Crippen LogP contribution in [0.1, 0.15) is 55.6 Å². The van der Waals surface area contributed by atoms with Crippen LogP contribution in [-0.2, 0) is 4.74 Å². The fourth-order valence-electron chi connectivity index (χ4n) is 4.71. The van der Waals surface area contributed by atoms with Crippen LogP contribution >= 0.6 is 0 Å². The van der Waals surface area contributed by atoms with Crippen LogP contribution < -0.4 is 10.5 Å². The number of para-hydroxylation sites is 1. The van der Waals surface area contributed by atoms with Gasteiger partial charge < -0.3 is 20.1 Å². The van der Waals surface area contributed by atoms with E-state index in [2.05, 4.69) is 9.97 Å². The van der Waals surface area contributed by atoms with Gasteiger partial charge in [-0.3, -0.25) is 9.20 Å². The number of aromatic nitrogens is 3. The van der Waals surface area contributed by atoms with Gasteiger partial charge in [-0.15, -0.1) is 0 Å². The number of amides is 1. The van der Waals surface area contributed by atoms with E-state index in [1.165, 1.54) is 17.0 Å². The Kier molecular flexibility index (Phi) is 8.82. The molecule has 214 valence electrons. The molecule has 11 heteroatoms. The fourth-order valence-corrected chi connectivity index (χ4v) is 4.71. The highest BCUT2D eigenvalue weighted by Gasteiger charge is 2.36. The number of alkyl halides is 2. The van der Waals surface area contributed by atoms with Crippen LogP contribution in [0.2, 0.25) is 0 Å². The van der Waals surface area contributed by atoms with E-state index in [1.807, 2.05) is 38.1 Å². The highest BCUT2D eigenvalue weighted by Crippen LogP contribution is 2.37. The van der Waals surface area contributed by atoms with Crippen molar-refractivity contribution in [3.8, 4) is 5.75 Å². The summed E-state index contributed by atoms with van der Waals surface area (Å²) in [5, 5.41) is 0. The number of anilines is 1. The Bertz CT molecular complexity index is 1490. The number of carbonyl (C=O) groups is 1. The predicted octanol–water partition coefficient (Wildman–Crippen LogP) is 5.90. The number of benzene rings is 2. The quantitative estimate of drug-likeness (QED) is 0.337.